The molecular weight excluding hydrogens is 282 g/mol. The third-order valence-corrected chi connectivity index (χ3v) is 4.13. The van der Waals surface area contributed by atoms with Crippen LogP contribution in [0.1, 0.15) is 56.7 Å². The van der Waals surface area contributed by atoms with Crippen molar-refractivity contribution >= 4 is 0 Å². The Labute approximate surface area is 140 Å². The third-order valence-electron chi connectivity index (χ3n) is 4.13. The molecule has 0 heterocycles. The van der Waals surface area contributed by atoms with Gasteiger partial charge < -0.3 is 10.1 Å². The molecule has 2 heteroatoms. The van der Waals surface area contributed by atoms with Gasteiger partial charge in [-0.2, -0.15) is 0 Å². The molecule has 0 saturated heterocycles. The van der Waals surface area contributed by atoms with Gasteiger partial charge in [-0.05, 0) is 24.5 Å². The number of rotatable bonds is 10. The van der Waals surface area contributed by atoms with Crippen LogP contribution >= 0.6 is 0 Å². The van der Waals surface area contributed by atoms with E-state index in [2.05, 4.69) is 67.7 Å². The lowest BCUT2D eigenvalue weighted by Gasteiger charge is -2.19. The second-order valence-electron chi connectivity index (χ2n) is 5.92. The van der Waals surface area contributed by atoms with Crippen molar-refractivity contribution in [2.24, 2.45) is 0 Å². The molecule has 1 atom stereocenters. The average Bonchev–Trinajstić information content (AvgIpc) is 2.61. The Morgan fingerprint density at radius 2 is 1.65 bits per heavy atom. The molecule has 1 N–H and O–H groups in total. The maximum atomic E-state index is 5.97. The van der Waals surface area contributed by atoms with Gasteiger partial charge in [0.1, 0.15) is 5.75 Å². The molecule has 0 bridgehead atoms. The molecule has 0 saturated carbocycles. The first-order chi connectivity index (χ1) is 11.3. The van der Waals surface area contributed by atoms with Gasteiger partial charge in [-0.3, -0.25) is 0 Å². The molecule has 0 aliphatic rings. The van der Waals surface area contributed by atoms with Crippen LogP contribution in [0.4, 0.5) is 0 Å². The molecule has 124 valence electrons. The molecule has 0 fully saturated rings. The summed E-state index contributed by atoms with van der Waals surface area (Å²) in [6.07, 6.45) is 4.65. The van der Waals surface area contributed by atoms with Crippen molar-refractivity contribution in [3.63, 3.8) is 0 Å². The molecular formula is C21H29NO. The zero-order valence-corrected chi connectivity index (χ0v) is 14.4. The van der Waals surface area contributed by atoms with Crippen LogP contribution in [-0.2, 0) is 6.54 Å². The number of nitrogens with one attached hydrogen (secondary N) is 1. The van der Waals surface area contributed by atoms with Gasteiger partial charge in [0.2, 0.25) is 0 Å². The number of benzene rings is 2. The number of ether oxygens (including phenoxy) is 1. The number of hydrogen-bond acceptors (Lipinski definition) is 2. The Morgan fingerprint density at radius 1 is 0.913 bits per heavy atom. The van der Waals surface area contributed by atoms with Crippen LogP contribution in [0.2, 0.25) is 0 Å². The molecule has 0 amide bonds. The molecule has 0 aromatic heterocycles. The van der Waals surface area contributed by atoms with Crippen molar-refractivity contribution < 1.29 is 4.74 Å². The summed E-state index contributed by atoms with van der Waals surface area (Å²) in [5, 5.41) is 3.66. The van der Waals surface area contributed by atoms with E-state index in [0.717, 1.165) is 31.7 Å². The van der Waals surface area contributed by atoms with Gasteiger partial charge in [0.15, 0.2) is 0 Å². The van der Waals surface area contributed by atoms with Gasteiger partial charge in [0.05, 0.1) is 6.61 Å². The summed E-state index contributed by atoms with van der Waals surface area (Å²) in [5.74, 6) is 1.01. The van der Waals surface area contributed by atoms with E-state index in [4.69, 9.17) is 4.74 Å². The highest BCUT2D eigenvalue weighted by atomic mass is 16.5. The third kappa shape index (κ3) is 5.72. The van der Waals surface area contributed by atoms with Crippen LogP contribution in [0.5, 0.6) is 5.75 Å². The van der Waals surface area contributed by atoms with E-state index in [1.165, 1.54) is 24.0 Å². The van der Waals surface area contributed by atoms with Crippen molar-refractivity contribution in [3.05, 3.63) is 65.7 Å². The minimum atomic E-state index is 0.379. The minimum absolute atomic E-state index is 0.379. The smallest absolute Gasteiger partial charge is 0.123 e. The quantitative estimate of drug-likeness (QED) is 0.585. The number of unbranched alkanes of at least 4 members (excludes halogenated alkanes) is 2. The highest BCUT2D eigenvalue weighted by Crippen LogP contribution is 2.21. The number of hydrogen-bond donors (Lipinski definition) is 1. The van der Waals surface area contributed by atoms with Crippen molar-refractivity contribution in [2.45, 2.75) is 52.1 Å². The first-order valence-electron chi connectivity index (χ1n) is 8.84. The summed E-state index contributed by atoms with van der Waals surface area (Å²) >= 11 is 0. The summed E-state index contributed by atoms with van der Waals surface area (Å²) in [6, 6.07) is 19.4. The summed E-state index contributed by atoms with van der Waals surface area (Å²) in [7, 11) is 0. The molecule has 2 aromatic carbocycles. The lowest BCUT2D eigenvalue weighted by atomic mass is 10.0. The van der Waals surface area contributed by atoms with E-state index in [-0.39, 0.29) is 0 Å². The normalized spacial score (nSPS) is 12.1. The van der Waals surface area contributed by atoms with Gasteiger partial charge in [-0.25, -0.2) is 0 Å². The van der Waals surface area contributed by atoms with E-state index in [1.54, 1.807) is 0 Å². The molecule has 0 radical (unpaired) electrons. The fourth-order valence-electron chi connectivity index (χ4n) is 2.74. The highest BCUT2D eigenvalue weighted by molar-refractivity contribution is 5.33. The molecule has 23 heavy (non-hydrogen) atoms. The molecule has 2 nitrogen and oxygen atoms in total. The Hall–Kier alpha value is -1.80. The topological polar surface area (TPSA) is 21.3 Å². The van der Waals surface area contributed by atoms with E-state index in [9.17, 15) is 0 Å². The van der Waals surface area contributed by atoms with Gasteiger partial charge in [0, 0.05) is 18.2 Å². The Bertz CT molecular complexity index is 553. The first-order valence-corrected chi connectivity index (χ1v) is 8.84. The van der Waals surface area contributed by atoms with Gasteiger partial charge >= 0.3 is 0 Å². The second-order valence-corrected chi connectivity index (χ2v) is 5.92. The predicted octanol–water partition coefficient (Wildman–Crippen LogP) is 5.50. The largest absolute Gasteiger partial charge is 0.493 e. The van der Waals surface area contributed by atoms with Crippen molar-refractivity contribution in [3.8, 4) is 5.75 Å². The fraction of sp³-hybridized carbons (Fsp3) is 0.429. The zero-order chi connectivity index (χ0) is 16.3. The Kier molecular flexibility index (Phi) is 7.68. The minimum Gasteiger partial charge on any atom is -0.493 e. The lowest BCUT2D eigenvalue weighted by Crippen LogP contribution is -2.20. The van der Waals surface area contributed by atoms with Gasteiger partial charge in [0.25, 0.3) is 0 Å². The number of para-hydroxylation sites is 1. The highest BCUT2D eigenvalue weighted by Gasteiger charge is 2.10. The van der Waals surface area contributed by atoms with Crippen LogP contribution in [0, 0.1) is 0 Å². The summed E-state index contributed by atoms with van der Waals surface area (Å²) < 4.78 is 5.97. The standard InChI is InChI=1S/C21H29NO/c1-3-5-11-16-23-21-15-10-9-14-19(21)17-22-20(4-2)18-12-7-6-8-13-18/h6-10,12-15,20,22H,3-5,11,16-17H2,1-2H3. The van der Waals surface area contributed by atoms with Crippen molar-refractivity contribution in [1.82, 2.24) is 5.32 Å². The first kappa shape index (κ1) is 17.6. The molecule has 1 unspecified atom stereocenters. The monoisotopic (exact) mass is 311 g/mol. The van der Waals surface area contributed by atoms with Crippen molar-refractivity contribution in [1.29, 1.82) is 0 Å². The fourth-order valence-corrected chi connectivity index (χ4v) is 2.74. The van der Waals surface area contributed by atoms with E-state index < -0.39 is 0 Å². The molecule has 0 aliphatic heterocycles. The van der Waals surface area contributed by atoms with Crippen molar-refractivity contribution in [2.75, 3.05) is 6.61 Å². The Morgan fingerprint density at radius 3 is 2.39 bits per heavy atom. The van der Waals surface area contributed by atoms with E-state index in [1.807, 2.05) is 6.07 Å². The molecule has 2 aromatic rings. The van der Waals surface area contributed by atoms with Crippen LogP contribution < -0.4 is 10.1 Å². The van der Waals surface area contributed by atoms with Crippen LogP contribution in [0.3, 0.4) is 0 Å². The average molecular weight is 311 g/mol. The predicted molar refractivity (Wildman–Crippen MR) is 97.8 cm³/mol. The molecule has 0 aliphatic carbocycles. The Balaban J connectivity index is 1.94. The van der Waals surface area contributed by atoms with E-state index >= 15 is 0 Å². The van der Waals surface area contributed by atoms with E-state index in [0.29, 0.717) is 6.04 Å². The van der Waals surface area contributed by atoms with Crippen LogP contribution in [0.25, 0.3) is 0 Å². The summed E-state index contributed by atoms with van der Waals surface area (Å²) in [5.41, 5.74) is 2.58. The van der Waals surface area contributed by atoms with Crippen LogP contribution in [0.15, 0.2) is 54.6 Å². The maximum absolute atomic E-state index is 5.97. The summed E-state index contributed by atoms with van der Waals surface area (Å²) in [6.45, 7) is 6.07. The maximum Gasteiger partial charge on any atom is 0.123 e. The molecule has 0 spiro atoms. The van der Waals surface area contributed by atoms with Gasteiger partial charge in [-0.15, -0.1) is 0 Å². The second kappa shape index (κ2) is 10.1. The SMILES string of the molecule is CCCCCOc1ccccc1CNC(CC)c1ccccc1. The zero-order valence-electron chi connectivity index (χ0n) is 14.4. The molecule has 2 rings (SSSR count). The lowest BCUT2D eigenvalue weighted by molar-refractivity contribution is 0.302. The summed E-state index contributed by atoms with van der Waals surface area (Å²) in [4.78, 5) is 0. The van der Waals surface area contributed by atoms with Crippen LogP contribution in [-0.4, -0.2) is 6.61 Å². The van der Waals surface area contributed by atoms with Gasteiger partial charge in [-0.1, -0.05) is 75.2 Å².